The third-order valence-electron chi connectivity index (χ3n) is 1.49. The van der Waals surface area contributed by atoms with Crippen molar-refractivity contribution in [2.45, 2.75) is 0 Å². The van der Waals surface area contributed by atoms with Gasteiger partial charge in [-0.25, -0.2) is 4.39 Å². The van der Waals surface area contributed by atoms with Crippen LogP contribution < -0.4 is 0 Å². The molecule has 0 saturated carbocycles. The van der Waals surface area contributed by atoms with Gasteiger partial charge in [-0.3, -0.25) is 0 Å². The highest BCUT2D eigenvalue weighted by Gasteiger charge is 2.06. The molecule has 5 heteroatoms. The molecule has 0 saturated heterocycles. The van der Waals surface area contributed by atoms with Gasteiger partial charge < -0.3 is 4.52 Å². The Kier molecular flexibility index (Phi) is 1.98. The second kappa shape index (κ2) is 3.14. The van der Waals surface area contributed by atoms with Crippen LogP contribution in [-0.4, -0.2) is 10.1 Å². The molecule has 0 radical (unpaired) electrons. The van der Waals surface area contributed by atoms with Crippen molar-refractivity contribution in [2.24, 2.45) is 0 Å². The molecule has 2 aromatic rings. The first-order chi connectivity index (χ1) is 6.25. The molecule has 0 atom stereocenters. The van der Waals surface area contributed by atoms with Crippen LogP contribution in [0.25, 0.3) is 11.5 Å². The molecular formula is C8H4ClFN2O. The molecular weight excluding hydrogens is 195 g/mol. The van der Waals surface area contributed by atoms with E-state index in [1.165, 1.54) is 12.1 Å². The molecule has 0 aliphatic heterocycles. The first-order valence-electron chi connectivity index (χ1n) is 3.51. The first-order valence-corrected chi connectivity index (χ1v) is 3.88. The predicted octanol–water partition coefficient (Wildman–Crippen LogP) is 2.53. The van der Waals surface area contributed by atoms with Gasteiger partial charge in [0, 0.05) is 5.56 Å². The number of halogens is 2. The number of benzene rings is 1. The van der Waals surface area contributed by atoms with Crippen LogP contribution in [0.2, 0.25) is 5.28 Å². The van der Waals surface area contributed by atoms with Gasteiger partial charge in [-0.15, -0.1) is 0 Å². The highest BCUT2D eigenvalue weighted by atomic mass is 35.5. The molecule has 0 aliphatic carbocycles. The van der Waals surface area contributed by atoms with E-state index in [1.807, 2.05) is 0 Å². The highest BCUT2D eigenvalue weighted by molar-refractivity contribution is 6.28. The van der Waals surface area contributed by atoms with Gasteiger partial charge in [-0.1, -0.05) is 0 Å². The van der Waals surface area contributed by atoms with E-state index in [1.54, 1.807) is 12.1 Å². The number of rotatable bonds is 1. The Morgan fingerprint density at radius 1 is 1.23 bits per heavy atom. The Morgan fingerprint density at radius 2 is 1.92 bits per heavy atom. The molecule has 1 aromatic heterocycles. The molecule has 0 spiro atoms. The summed E-state index contributed by atoms with van der Waals surface area (Å²) in [6.07, 6.45) is 0. The van der Waals surface area contributed by atoms with E-state index < -0.39 is 0 Å². The van der Waals surface area contributed by atoms with E-state index >= 15 is 0 Å². The predicted molar refractivity (Wildman–Crippen MR) is 44.7 cm³/mol. The summed E-state index contributed by atoms with van der Waals surface area (Å²) < 4.78 is 17.3. The molecule has 0 bridgehead atoms. The van der Waals surface area contributed by atoms with Crippen molar-refractivity contribution in [3.63, 3.8) is 0 Å². The normalized spacial score (nSPS) is 10.3. The van der Waals surface area contributed by atoms with E-state index in [0.717, 1.165) is 0 Å². The second-order valence-corrected chi connectivity index (χ2v) is 2.71. The number of hydrogen-bond acceptors (Lipinski definition) is 3. The van der Waals surface area contributed by atoms with Gasteiger partial charge in [0.2, 0.25) is 0 Å². The minimum Gasteiger partial charge on any atom is -0.333 e. The van der Waals surface area contributed by atoms with Gasteiger partial charge in [-0.05, 0) is 41.0 Å². The molecule has 3 nitrogen and oxygen atoms in total. The van der Waals surface area contributed by atoms with Crippen LogP contribution in [0, 0.1) is 5.82 Å². The zero-order chi connectivity index (χ0) is 9.26. The molecule has 66 valence electrons. The average Bonchev–Trinajstić information content (AvgIpc) is 2.53. The van der Waals surface area contributed by atoms with Gasteiger partial charge in [-0.2, -0.15) is 4.98 Å². The Hall–Kier alpha value is -1.42. The van der Waals surface area contributed by atoms with Crippen LogP contribution in [0.4, 0.5) is 4.39 Å². The maximum Gasteiger partial charge on any atom is 0.264 e. The summed E-state index contributed by atoms with van der Waals surface area (Å²) in [6, 6.07) is 5.71. The zero-order valence-electron chi connectivity index (χ0n) is 6.37. The summed E-state index contributed by atoms with van der Waals surface area (Å²) >= 11 is 5.45. The molecule has 0 amide bonds. The third-order valence-corrected chi connectivity index (χ3v) is 1.65. The standard InChI is InChI=1S/C8H4ClFN2O/c9-8-11-7(13-12-8)5-1-3-6(10)4-2-5/h1-4H. The second-order valence-electron chi connectivity index (χ2n) is 2.38. The Bertz CT molecular complexity index is 412. The summed E-state index contributed by atoms with van der Waals surface area (Å²) in [5, 5.41) is 3.44. The van der Waals surface area contributed by atoms with Gasteiger partial charge in [0.15, 0.2) is 0 Å². The topological polar surface area (TPSA) is 38.9 Å². The van der Waals surface area contributed by atoms with Crippen LogP contribution in [0.3, 0.4) is 0 Å². The minimum absolute atomic E-state index is 0.0410. The highest BCUT2D eigenvalue weighted by Crippen LogP contribution is 2.18. The smallest absolute Gasteiger partial charge is 0.264 e. The van der Waals surface area contributed by atoms with E-state index in [9.17, 15) is 4.39 Å². The lowest BCUT2D eigenvalue weighted by Gasteiger charge is -1.91. The summed E-state index contributed by atoms with van der Waals surface area (Å²) in [4.78, 5) is 3.78. The van der Waals surface area contributed by atoms with Crippen molar-refractivity contribution >= 4 is 11.6 Å². The monoisotopic (exact) mass is 198 g/mol. The lowest BCUT2D eigenvalue weighted by atomic mass is 10.2. The van der Waals surface area contributed by atoms with Crippen molar-refractivity contribution < 1.29 is 8.91 Å². The van der Waals surface area contributed by atoms with Crippen molar-refractivity contribution in [2.75, 3.05) is 0 Å². The van der Waals surface area contributed by atoms with Crippen LogP contribution in [0.15, 0.2) is 28.8 Å². The Balaban J connectivity index is 2.41. The number of nitrogens with zero attached hydrogens (tertiary/aromatic N) is 2. The van der Waals surface area contributed by atoms with Gasteiger partial charge in [0.25, 0.3) is 11.2 Å². The Morgan fingerprint density at radius 3 is 2.46 bits per heavy atom. The van der Waals surface area contributed by atoms with Crippen molar-refractivity contribution in [3.8, 4) is 11.5 Å². The van der Waals surface area contributed by atoms with Crippen LogP contribution in [0.5, 0.6) is 0 Å². The van der Waals surface area contributed by atoms with Crippen molar-refractivity contribution in [3.05, 3.63) is 35.4 Å². The molecule has 0 unspecified atom stereocenters. The average molecular weight is 199 g/mol. The molecule has 1 aromatic carbocycles. The van der Waals surface area contributed by atoms with Gasteiger partial charge >= 0.3 is 0 Å². The fourth-order valence-electron chi connectivity index (χ4n) is 0.915. The third kappa shape index (κ3) is 1.67. The summed E-state index contributed by atoms with van der Waals surface area (Å²) in [5.74, 6) is -0.0284. The number of hydrogen-bond donors (Lipinski definition) is 0. The number of aromatic nitrogens is 2. The molecule has 2 rings (SSSR count). The van der Waals surface area contributed by atoms with Crippen molar-refractivity contribution in [1.82, 2.24) is 10.1 Å². The van der Waals surface area contributed by atoms with E-state index in [2.05, 4.69) is 10.1 Å². The van der Waals surface area contributed by atoms with Crippen LogP contribution in [-0.2, 0) is 0 Å². The van der Waals surface area contributed by atoms with Gasteiger partial charge in [0.1, 0.15) is 5.82 Å². The molecule has 1 heterocycles. The molecule has 0 aliphatic rings. The summed E-state index contributed by atoms with van der Waals surface area (Å²) in [5.41, 5.74) is 0.640. The fraction of sp³-hybridized carbons (Fsp3) is 0. The quantitative estimate of drug-likeness (QED) is 0.707. The van der Waals surface area contributed by atoms with Crippen LogP contribution >= 0.6 is 11.6 Å². The molecule has 13 heavy (non-hydrogen) atoms. The lowest BCUT2D eigenvalue weighted by molar-refractivity contribution is 0.430. The SMILES string of the molecule is Fc1ccc(-c2nc(Cl)no2)cc1. The molecule has 0 N–H and O–H groups in total. The largest absolute Gasteiger partial charge is 0.333 e. The van der Waals surface area contributed by atoms with Crippen LogP contribution in [0.1, 0.15) is 0 Å². The van der Waals surface area contributed by atoms with E-state index in [4.69, 9.17) is 16.1 Å². The Labute approximate surface area is 78.1 Å². The van der Waals surface area contributed by atoms with E-state index in [-0.39, 0.29) is 17.0 Å². The molecule has 0 fully saturated rings. The first kappa shape index (κ1) is 8.19. The lowest BCUT2D eigenvalue weighted by Crippen LogP contribution is -1.77. The minimum atomic E-state index is -0.311. The van der Waals surface area contributed by atoms with E-state index in [0.29, 0.717) is 5.56 Å². The van der Waals surface area contributed by atoms with Gasteiger partial charge in [0.05, 0.1) is 0 Å². The summed E-state index contributed by atoms with van der Waals surface area (Å²) in [6.45, 7) is 0. The maximum atomic E-state index is 12.5. The fourth-order valence-corrected chi connectivity index (χ4v) is 1.03. The van der Waals surface area contributed by atoms with Crippen molar-refractivity contribution in [1.29, 1.82) is 0 Å². The summed E-state index contributed by atoms with van der Waals surface area (Å²) in [7, 11) is 0. The maximum absolute atomic E-state index is 12.5. The zero-order valence-corrected chi connectivity index (χ0v) is 7.12.